The maximum Gasteiger partial charge on any atom is 0.109 e. The van der Waals surface area contributed by atoms with Crippen molar-refractivity contribution in [1.29, 1.82) is 0 Å². The number of likely N-dealkylation sites (tertiary alicyclic amines) is 1. The third kappa shape index (κ3) is 2.71. The molecule has 0 unspecified atom stereocenters. The summed E-state index contributed by atoms with van der Waals surface area (Å²) in [5, 5.41) is 38.4. The van der Waals surface area contributed by atoms with Crippen molar-refractivity contribution >= 4 is 0 Å². The second-order valence-corrected chi connectivity index (χ2v) is 4.71. The largest absolute Gasteiger partial charge is 0.395 e. The van der Waals surface area contributed by atoms with Crippen LogP contribution in [-0.4, -0.2) is 62.8 Å². The first-order valence-corrected chi connectivity index (χ1v) is 6.06. The summed E-state index contributed by atoms with van der Waals surface area (Å²) >= 11 is 0. The first kappa shape index (κ1) is 13.5. The molecule has 18 heavy (non-hydrogen) atoms. The SMILES string of the molecule is OC[C@H]1[C@@H](O)[C@@H](O)[C@H](O)CN1Cc1ccccc1. The quantitative estimate of drug-likeness (QED) is 0.552. The van der Waals surface area contributed by atoms with E-state index in [-0.39, 0.29) is 13.2 Å². The van der Waals surface area contributed by atoms with Gasteiger partial charge in [0, 0.05) is 13.1 Å². The van der Waals surface area contributed by atoms with Gasteiger partial charge >= 0.3 is 0 Å². The van der Waals surface area contributed by atoms with Gasteiger partial charge in [-0.05, 0) is 5.56 Å². The van der Waals surface area contributed by atoms with Crippen LogP contribution in [0.25, 0.3) is 0 Å². The number of hydrogen-bond acceptors (Lipinski definition) is 5. The molecule has 1 aromatic carbocycles. The highest BCUT2D eigenvalue weighted by atomic mass is 16.4. The Morgan fingerprint density at radius 2 is 1.72 bits per heavy atom. The third-order valence-corrected chi connectivity index (χ3v) is 3.44. The predicted octanol–water partition coefficient (Wildman–Crippen LogP) is -1.05. The van der Waals surface area contributed by atoms with Crippen LogP contribution in [0.2, 0.25) is 0 Å². The van der Waals surface area contributed by atoms with E-state index in [2.05, 4.69) is 0 Å². The Balaban J connectivity index is 2.10. The van der Waals surface area contributed by atoms with Crippen LogP contribution < -0.4 is 0 Å². The zero-order valence-corrected chi connectivity index (χ0v) is 10.1. The topological polar surface area (TPSA) is 84.2 Å². The Morgan fingerprint density at radius 3 is 2.33 bits per heavy atom. The summed E-state index contributed by atoms with van der Waals surface area (Å²) in [7, 11) is 0. The summed E-state index contributed by atoms with van der Waals surface area (Å²) in [6.07, 6.45) is -3.33. The van der Waals surface area contributed by atoms with E-state index in [0.29, 0.717) is 6.54 Å². The minimum Gasteiger partial charge on any atom is -0.395 e. The van der Waals surface area contributed by atoms with E-state index in [1.54, 1.807) is 4.90 Å². The molecule has 1 saturated heterocycles. The molecule has 0 saturated carbocycles. The van der Waals surface area contributed by atoms with Crippen LogP contribution in [0.4, 0.5) is 0 Å². The molecule has 1 aliphatic heterocycles. The molecule has 0 aromatic heterocycles. The van der Waals surface area contributed by atoms with Gasteiger partial charge in [0.1, 0.15) is 12.2 Å². The Morgan fingerprint density at radius 1 is 1.06 bits per heavy atom. The standard InChI is InChI=1S/C13H19NO4/c15-8-10-12(17)13(18)11(16)7-14(10)6-9-4-2-1-3-5-9/h1-5,10-13,15-18H,6-8H2/t10-,11+,12+,13-/m0/s1. The number of β-amino-alcohol motifs (C(OH)–C–C–N with tert-alkyl or cyclic N) is 1. The van der Waals surface area contributed by atoms with Crippen LogP contribution in [0.1, 0.15) is 5.56 Å². The number of benzene rings is 1. The smallest absolute Gasteiger partial charge is 0.109 e. The number of piperidine rings is 1. The molecule has 0 aliphatic carbocycles. The lowest BCUT2D eigenvalue weighted by Gasteiger charge is -2.43. The molecule has 1 heterocycles. The second-order valence-electron chi connectivity index (χ2n) is 4.71. The van der Waals surface area contributed by atoms with E-state index < -0.39 is 24.4 Å². The Hall–Kier alpha value is -0.980. The van der Waals surface area contributed by atoms with Gasteiger partial charge in [0.05, 0.1) is 18.8 Å². The molecule has 4 N–H and O–H groups in total. The van der Waals surface area contributed by atoms with E-state index in [4.69, 9.17) is 0 Å². The van der Waals surface area contributed by atoms with Gasteiger partial charge in [-0.3, -0.25) is 4.90 Å². The van der Waals surface area contributed by atoms with Gasteiger partial charge < -0.3 is 20.4 Å². The molecule has 0 amide bonds. The summed E-state index contributed by atoms with van der Waals surface area (Å²) in [6, 6.07) is 9.07. The summed E-state index contributed by atoms with van der Waals surface area (Å²) < 4.78 is 0. The van der Waals surface area contributed by atoms with Crippen LogP contribution in [0.3, 0.4) is 0 Å². The zero-order valence-electron chi connectivity index (χ0n) is 10.1. The minimum atomic E-state index is -1.20. The van der Waals surface area contributed by atoms with E-state index in [1.165, 1.54) is 0 Å². The molecule has 100 valence electrons. The Labute approximate surface area is 106 Å². The predicted molar refractivity (Wildman–Crippen MR) is 65.7 cm³/mol. The van der Waals surface area contributed by atoms with Crippen molar-refractivity contribution in [2.75, 3.05) is 13.2 Å². The molecular formula is C13H19NO4. The lowest BCUT2D eigenvalue weighted by molar-refractivity contribution is -0.147. The number of nitrogens with zero attached hydrogens (tertiary/aromatic N) is 1. The third-order valence-electron chi connectivity index (χ3n) is 3.44. The number of rotatable bonds is 3. The summed E-state index contributed by atoms with van der Waals surface area (Å²) in [4.78, 5) is 1.79. The van der Waals surface area contributed by atoms with Crippen molar-refractivity contribution < 1.29 is 20.4 Å². The molecule has 0 radical (unpaired) electrons. The lowest BCUT2D eigenvalue weighted by Crippen LogP contribution is -2.62. The number of hydrogen-bond donors (Lipinski definition) is 4. The van der Waals surface area contributed by atoms with Crippen molar-refractivity contribution in [3.05, 3.63) is 35.9 Å². The van der Waals surface area contributed by atoms with Gasteiger partial charge in [0.25, 0.3) is 0 Å². The molecule has 4 atom stereocenters. The fourth-order valence-corrected chi connectivity index (χ4v) is 2.38. The summed E-state index contributed by atoms with van der Waals surface area (Å²) in [5.74, 6) is 0. The van der Waals surface area contributed by atoms with Gasteiger partial charge in [0.15, 0.2) is 0 Å². The molecular weight excluding hydrogens is 234 g/mol. The maximum atomic E-state index is 9.84. The molecule has 2 rings (SSSR count). The molecule has 1 aromatic rings. The van der Waals surface area contributed by atoms with Gasteiger partial charge in [0.2, 0.25) is 0 Å². The highest BCUT2D eigenvalue weighted by Crippen LogP contribution is 2.21. The first-order valence-electron chi connectivity index (χ1n) is 6.06. The Kier molecular flexibility index (Phi) is 4.31. The fraction of sp³-hybridized carbons (Fsp3) is 0.538. The van der Waals surface area contributed by atoms with Gasteiger partial charge in [-0.15, -0.1) is 0 Å². The first-order chi connectivity index (χ1) is 8.63. The molecule has 1 aliphatic rings. The van der Waals surface area contributed by atoms with Gasteiger partial charge in [-0.2, -0.15) is 0 Å². The van der Waals surface area contributed by atoms with E-state index in [9.17, 15) is 20.4 Å². The zero-order chi connectivity index (χ0) is 13.1. The van der Waals surface area contributed by atoms with Crippen molar-refractivity contribution in [2.45, 2.75) is 30.9 Å². The van der Waals surface area contributed by atoms with E-state index in [1.807, 2.05) is 30.3 Å². The second kappa shape index (κ2) is 5.77. The number of aliphatic hydroxyl groups excluding tert-OH is 4. The van der Waals surface area contributed by atoms with Crippen molar-refractivity contribution in [3.8, 4) is 0 Å². The summed E-state index contributed by atoms with van der Waals surface area (Å²) in [6.45, 7) is 0.503. The highest BCUT2D eigenvalue weighted by molar-refractivity contribution is 5.15. The Bertz CT molecular complexity index is 373. The normalized spacial score (nSPS) is 33.6. The molecule has 0 bridgehead atoms. The fourth-order valence-electron chi connectivity index (χ4n) is 2.38. The average Bonchev–Trinajstić information content (AvgIpc) is 2.38. The highest BCUT2D eigenvalue weighted by Gasteiger charge is 2.40. The van der Waals surface area contributed by atoms with E-state index >= 15 is 0 Å². The van der Waals surface area contributed by atoms with Crippen molar-refractivity contribution in [3.63, 3.8) is 0 Å². The minimum absolute atomic E-state index is 0.234. The lowest BCUT2D eigenvalue weighted by atomic mass is 9.94. The van der Waals surface area contributed by atoms with E-state index in [0.717, 1.165) is 5.56 Å². The van der Waals surface area contributed by atoms with Crippen molar-refractivity contribution in [1.82, 2.24) is 4.90 Å². The molecule has 1 fully saturated rings. The van der Waals surface area contributed by atoms with Gasteiger partial charge in [-0.1, -0.05) is 30.3 Å². The van der Waals surface area contributed by atoms with Crippen LogP contribution in [0.5, 0.6) is 0 Å². The molecule has 0 spiro atoms. The van der Waals surface area contributed by atoms with Crippen LogP contribution in [0, 0.1) is 0 Å². The maximum absolute atomic E-state index is 9.84. The van der Waals surface area contributed by atoms with Crippen LogP contribution in [-0.2, 0) is 6.54 Å². The van der Waals surface area contributed by atoms with Crippen LogP contribution >= 0.6 is 0 Å². The van der Waals surface area contributed by atoms with Gasteiger partial charge in [-0.25, -0.2) is 0 Å². The number of aliphatic hydroxyl groups is 4. The average molecular weight is 253 g/mol. The van der Waals surface area contributed by atoms with Crippen molar-refractivity contribution in [2.24, 2.45) is 0 Å². The monoisotopic (exact) mass is 253 g/mol. The summed E-state index contributed by atoms with van der Waals surface area (Å²) in [5.41, 5.74) is 1.03. The van der Waals surface area contributed by atoms with Crippen LogP contribution in [0.15, 0.2) is 30.3 Å². The molecule has 5 heteroatoms. The molecule has 5 nitrogen and oxygen atoms in total.